The molecule has 0 amide bonds. The van der Waals surface area contributed by atoms with E-state index in [-0.39, 0.29) is 11.2 Å². The van der Waals surface area contributed by atoms with Crippen molar-refractivity contribution in [2.45, 2.75) is 32.6 Å². The third-order valence-corrected chi connectivity index (χ3v) is 7.97. The van der Waals surface area contributed by atoms with E-state index in [4.69, 9.17) is 4.98 Å². The van der Waals surface area contributed by atoms with Gasteiger partial charge in [0.25, 0.3) is 0 Å². The Kier molecular flexibility index (Phi) is 4.22. The molecule has 3 atom stereocenters. The molecule has 0 radical (unpaired) electrons. The molecule has 3 fully saturated rings. The molecule has 1 saturated heterocycles. The first kappa shape index (κ1) is 19.0. The molecular formula is C25H28N4O2. The highest BCUT2D eigenvalue weighted by Gasteiger charge is 2.55. The number of ketones is 1. The zero-order chi connectivity index (χ0) is 21.2. The number of aliphatic hydroxyl groups is 1. The second-order valence-corrected chi connectivity index (χ2v) is 9.88. The van der Waals surface area contributed by atoms with Gasteiger partial charge in [-0.15, -0.1) is 0 Å². The van der Waals surface area contributed by atoms with Crippen LogP contribution in [0, 0.1) is 23.2 Å². The summed E-state index contributed by atoms with van der Waals surface area (Å²) in [5, 5.41) is 9.42. The summed E-state index contributed by atoms with van der Waals surface area (Å²) in [7, 11) is 0. The van der Waals surface area contributed by atoms with Crippen LogP contribution in [0.3, 0.4) is 0 Å². The molecule has 2 N–H and O–H groups in total. The van der Waals surface area contributed by atoms with E-state index in [0.717, 1.165) is 50.0 Å². The maximum atomic E-state index is 13.3. The van der Waals surface area contributed by atoms with Crippen LogP contribution in [0.15, 0.2) is 36.7 Å². The third-order valence-electron chi connectivity index (χ3n) is 7.97. The average Bonchev–Trinajstić information content (AvgIpc) is 3.25. The summed E-state index contributed by atoms with van der Waals surface area (Å²) >= 11 is 0. The quantitative estimate of drug-likeness (QED) is 0.613. The highest BCUT2D eigenvalue weighted by atomic mass is 16.3. The van der Waals surface area contributed by atoms with Crippen LogP contribution < -0.4 is 4.90 Å². The second kappa shape index (κ2) is 6.89. The lowest BCUT2D eigenvalue weighted by Gasteiger charge is -2.22. The Morgan fingerprint density at radius 2 is 2.03 bits per heavy atom. The molecule has 1 aliphatic heterocycles. The molecule has 2 aliphatic carbocycles. The fourth-order valence-electron chi connectivity index (χ4n) is 5.90. The van der Waals surface area contributed by atoms with Crippen molar-refractivity contribution < 1.29 is 9.90 Å². The summed E-state index contributed by atoms with van der Waals surface area (Å²) in [6.07, 6.45) is 7.69. The van der Waals surface area contributed by atoms with Gasteiger partial charge in [-0.05, 0) is 42.7 Å². The molecule has 0 spiro atoms. The zero-order valence-electron chi connectivity index (χ0n) is 17.8. The number of hydrogen-bond donors (Lipinski definition) is 2. The summed E-state index contributed by atoms with van der Waals surface area (Å²) in [6.45, 7) is 4.43. The summed E-state index contributed by atoms with van der Waals surface area (Å²) < 4.78 is 0. The summed E-state index contributed by atoms with van der Waals surface area (Å²) in [5.74, 6) is 1.95. The van der Waals surface area contributed by atoms with E-state index in [1.54, 1.807) is 12.4 Å². The van der Waals surface area contributed by atoms with Crippen molar-refractivity contribution in [3.63, 3.8) is 0 Å². The second-order valence-electron chi connectivity index (χ2n) is 9.88. The topological polar surface area (TPSA) is 82.1 Å². The van der Waals surface area contributed by atoms with Crippen LogP contribution in [0.5, 0.6) is 0 Å². The van der Waals surface area contributed by atoms with Crippen LogP contribution in [-0.2, 0) is 0 Å². The fourth-order valence-corrected chi connectivity index (χ4v) is 5.90. The number of H-pyrrole nitrogens is 1. The van der Waals surface area contributed by atoms with Crippen LogP contribution >= 0.6 is 0 Å². The van der Waals surface area contributed by atoms with Crippen molar-refractivity contribution in [1.82, 2.24) is 15.0 Å². The summed E-state index contributed by atoms with van der Waals surface area (Å²) in [4.78, 5) is 28.3. The summed E-state index contributed by atoms with van der Waals surface area (Å²) in [6, 6.07) is 8.42. The highest BCUT2D eigenvalue weighted by Crippen LogP contribution is 2.52. The largest absolute Gasteiger partial charge is 0.396 e. The van der Waals surface area contributed by atoms with Crippen LogP contribution in [-0.4, -0.2) is 45.5 Å². The Bertz CT molecular complexity index is 1150. The molecule has 0 unspecified atom stereocenters. The molecule has 0 bridgehead atoms. The van der Waals surface area contributed by atoms with Crippen LogP contribution in [0.25, 0.3) is 22.4 Å². The van der Waals surface area contributed by atoms with E-state index in [2.05, 4.69) is 46.1 Å². The van der Waals surface area contributed by atoms with Crippen molar-refractivity contribution in [3.05, 3.63) is 42.2 Å². The van der Waals surface area contributed by atoms with E-state index in [9.17, 15) is 9.90 Å². The van der Waals surface area contributed by atoms with Gasteiger partial charge in [-0.2, -0.15) is 0 Å². The number of aromatic amines is 1. The number of rotatable bonds is 5. The minimum atomic E-state index is -0.282. The smallest absolute Gasteiger partial charge is 0.172 e. The van der Waals surface area contributed by atoms with Gasteiger partial charge in [0.2, 0.25) is 0 Å². The standard InChI is InChI=1S/C25H28N4O2/c1-25(7-2-3-8-25)23(31)17-10-26-24-22(17)28-21(11-27-24)15-5-4-6-16(9-15)29-12-18-19(13-29)20(18)14-30/h4-6,9-11,18-20,30H,2-3,7-8,12-14H2,1H3,(H,26,27)/t18-,19+,20-. The molecule has 3 aromatic rings. The number of fused-ring (bicyclic) bond motifs is 2. The lowest BCUT2D eigenvalue weighted by atomic mass is 9.81. The van der Waals surface area contributed by atoms with Crippen molar-refractivity contribution in [1.29, 1.82) is 0 Å². The van der Waals surface area contributed by atoms with Gasteiger partial charge in [-0.3, -0.25) is 4.79 Å². The number of nitrogens with one attached hydrogen (secondary N) is 1. The summed E-state index contributed by atoms with van der Waals surface area (Å²) in [5.41, 5.74) is 4.71. The Morgan fingerprint density at radius 1 is 1.26 bits per heavy atom. The van der Waals surface area contributed by atoms with Gasteiger partial charge in [-0.25, -0.2) is 9.97 Å². The molecular weight excluding hydrogens is 388 g/mol. The zero-order valence-corrected chi connectivity index (χ0v) is 17.8. The monoisotopic (exact) mass is 416 g/mol. The molecule has 6 rings (SSSR count). The number of nitrogens with zero attached hydrogens (tertiary/aromatic N) is 3. The molecule has 2 saturated carbocycles. The lowest BCUT2D eigenvalue weighted by molar-refractivity contribution is 0.0825. The molecule has 1 aromatic carbocycles. The normalized spacial score (nSPS) is 26.4. The van der Waals surface area contributed by atoms with Gasteiger partial charge in [0, 0.05) is 42.6 Å². The van der Waals surface area contributed by atoms with E-state index < -0.39 is 0 Å². The number of anilines is 1. The molecule has 3 heterocycles. The number of aromatic nitrogens is 3. The van der Waals surface area contributed by atoms with Gasteiger partial charge in [0.15, 0.2) is 11.4 Å². The Labute approximate surface area is 181 Å². The van der Waals surface area contributed by atoms with Gasteiger partial charge >= 0.3 is 0 Å². The average molecular weight is 417 g/mol. The minimum absolute atomic E-state index is 0.186. The minimum Gasteiger partial charge on any atom is -0.396 e. The maximum Gasteiger partial charge on any atom is 0.172 e. The van der Waals surface area contributed by atoms with E-state index in [0.29, 0.717) is 41.1 Å². The first-order valence-corrected chi connectivity index (χ1v) is 11.4. The number of carbonyl (C=O) groups excluding carboxylic acids is 1. The Morgan fingerprint density at radius 3 is 2.77 bits per heavy atom. The molecule has 31 heavy (non-hydrogen) atoms. The van der Waals surface area contributed by atoms with Crippen molar-refractivity contribution >= 4 is 22.6 Å². The van der Waals surface area contributed by atoms with Gasteiger partial charge < -0.3 is 15.0 Å². The SMILES string of the molecule is CC1(C(=O)c2c[nH]c3ncc(-c4cccc(N5C[C@@H]6[C@H](CO)[C@@H]6C5)c4)nc23)CCCC1. The number of benzene rings is 1. The van der Waals surface area contributed by atoms with Gasteiger partial charge in [0.05, 0.1) is 17.5 Å². The van der Waals surface area contributed by atoms with Crippen LogP contribution in [0.2, 0.25) is 0 Å². The number of hydrogen-bond acceptors (Lipinski definition) is 5. The molecule has 160 valence electrons. The van der Waals surface area contributed by atoms with Gasteiger partial charge in [-0.1, -0.05) is 31.9 Å². The number of carbonyl (C=O) groups is 1. The van der Waals surface area contributed by atoms with E-state index >= 15 is 0 Å². The third kappa shape index (κ3) is 2.99. The van der Waals surface area contributed by atoms with E-state index in [1.165, 1.54) is 5.69 Å². The first-order chi connectivity index (χ1) is 15.1. The predicted octanol–water partition coefficient (Wildman–Crippen LogP) is 4.06. The number of Topliss-reactive ketones (excluding diaryl/α,β-unsaturated/α-hetero) is 1. The van der Waals surface area contributed by atoms with Crippen molar-refractivity contribution in [2.24, 2.45) is 23.2 Å². The molecule has 3 aliphatic rings. The Hall–Kier alpha value is -2.73. The highest BCUT2D eigenvalue weighted by molar-refractivity contribution is 6.08. The Balaban J connectivity index is 1.31. The van der Waals surface area contributed by atoms with E-state index in [1.807, 2.05) is 0 Å². The molecule has 6 nitrogen and oxygen atoms in total. The van der Waals surface area contributed by atoms with Crippen LogP contribution in [0.1, 0.15) is 43.0 Å². The lowest BCUT2D eigenvalue weighted by Crippen LogP contribution is -2.24. The van der Waals surface area contributed by atoms with Crippen LogP contribution in [0.4, 0.5) is 5.69 Å². The predicted molar refractivity (Wildman–Crippen MR) is 120 cm³/mol. The van der Waals surface area contributed by atoms with Crippen molar-refractivity contribution in [2.75, 3.05) is 24.6 Å². The number of piperidine rings is 1. The van der Waals surface area contributed by atoms with Gasteiger partial charge in [0.1, 0.15) is 5.52 Å². The maximum absolute atomic E-state index is 13.3. The van der Waals surface area contributed by atoms with Crippen molar-refractivity contribution in [3.8, 4) is 11.3 Å². The fraction of sp³-hybridized carbons (Fsp3) is 0.480. The molecule has 6 heteroatoms. The number of aliphatic hydroxyl groups excluding tert-OH is 1. The first-order valence-electron chi connectivity index (χ1n) is 11.4. The molecule has 2 aromatic heterocycles.